The SMILES string of the molecule is CSOC1CN(Cc2ccc(C(C)C)cc2)C1. The van der Waals surface area contributed by atoms with Gasteiger partial charge in [-0.25, -0.2) is 0 Å². The molecule has 0 saturated carbocycles. The smallest absolute Gasteiger partial charge is 0.0975 e. The van der Waals surface area contributed by atoms with Crippen LogP contribution in [0.1, 0.15) is 30.9 Å². The molecule has 0 radical (unpaired) electrons. The highest BCUT2D eigenvalue weighted by Crippen LogP contribution is 2.20. The lowest BCUT2D eigenvalue weighted by Gasteiger charge is -2.38. The van der Waals surface area contributed by atoms with Crippen molar-refractivity contribution in [3.63, 3.8) is 0 Å². The maximum atomic E-state index is 5.47. The van der Waals surface area contributed by atoms with Crippen LogP contribution in [0.25, 0.3) is 0 Å². The van der Waals surface area contributed by atoms with Gasteiger partial charge in [0.25, 0.3) is 0 Å². The highest BCUT2D eigenvalue weighted by Gasteiger charge is 2.27. The molecule has 3 heteroatoms. The Hall–Kier alpha value is -0.510. The number of hydrogen-bond donors (Lipinski definition) is 0. The van der Waals surface area contributed by atoms with Crippen LogP contribution in [0, 0.1) is 0 Å². The summed E-state index contributed by atoms with van der Waals surface area (Å²) >= 11 is 1.47. The third-order valence-corrected chi connectivity index (χ3v) is 3.67. The Morgan fingerprint density at radius 3 is 2.47 bits per heavy atom. The lowest BCUT2D eigenvalue weighted by Crippen LogP contribution is -2.50. The van der Waals surface area contributed by atoms with E-state index in [1.54, 1.807) is 0 Å². The van der Waals surface area contributed by atoms with E-state index in [0.717, 1.165) is 19.6 Å². The summed E-state index contributed by atoms with van der Waals surface area (Å²) in [5.74, 6) is 0.618. The molecule has 1 saturated heterocycles. The fourth-order valence-corrected chi connectivity index (χ4v) is 2.51. The summed E-state index contributed by atoms with van der Waals surface area (Å²) in [6.45, 7) is 7.63. The van der Waals surface area contributed by atoms with E-state index in [2.05, 4.69) is 43.0 Å². The molecule has 0 spiro atoms. The molecule has 1 fully saturated rings. The molecule has 0 N–H and O–H groups in total. The highest BCUT2D eigenvalue weighted by atomic mass is 32.2. The van der Waals surface area contributed by atoms with Crippen LogP contribution in [0.15, 0.2) is 24.3 Å². The first-order valence-corrected chi connectivity index (χ1v) is 7.34. The molecule has 0 bridgehead atoms. The molecule has 0 unspecified atom stereocenters. The average Bonchev–Trinajstić information content (AvgIpc) is 2.27. The topological polar surface area (TPSA) is 12.5 Å². The van der Waals surface area contributed by atoms with Gasteiger partial charge in [-0.05, 0) is 29.1 Å². The molecule has 1 heterocycles. The van der Waals surface area contributed by atoms with E-state index >= 15 is 0 Å². The minimum atomic E-state index is 0.430. The Bertz CT molecular complexity index is 344. The predicted molar refractivity (Wildman–Crippen MR) is 74.2 cm³/mol. The monoisotopic (exact) mass is 251 g/mol. The van der Waals surface area contributed by atoms with Crippen molar-refractivity contribution in [2.45, 2.75) is 32.4 Å². The summed E-state index contributed by atoms with van der Waals surface area (Å²) < 4.78 is 5.47. The van der Waals surface area contributed by atoms with Crippen molar-refractivity contribution in [2.75, 3.05) is 19.3 Å². The number of rotatable bonds is 5. The van der Waals surface area contributed by atoms with Gasteiger partial charge in [0.15, 0.2) is 0 Å². The largest absolute Gasteiger partial charge is 0.310 e. The molecule has 0 aliphatic carbocycles. The van der Waals surface area contributed by atoms with Crippen molar-refractivity contribution in [1.82, 2.24) is 4.90 Å². The van der Waals surface area contributed by atoms with Crippen LogP contribution in [0.3, 0.4) is 0 Å². The van der Waals surface area contributed by atoms with E-state index in [1.165, 1.54) is 23.2 Å². The van der Waals surface area contributed by atoms with Gasteiger partial charge in [0, 0.05) is 25.9 Å². The Balaban J connectivity index is 1.80. The van der Waals surface area contributed by atoms with Crippen LogP contribution in [-0.2, 0) is 10.7 Å². The Morgan fingerprint density at radius 2 is 1.94 bits per heavy atom. The van der Waals surface area contributed by atoms with Gasteiger partial charge in [-0.3, -0.25) is 4.90 Å². The zero-order valence-electron chi connectivity index (χ0n) is 10.8. The van der Waals surface area contributed by atoms with Crippen LogP contribution >= 0.6 is 12.0 Å². The second kappa shape index (κ2) is 5.89. The summed E-state index contributed by atoms with van der Waals surface area (Å²) in [4.78, 5) is 2.42. The van der Waals surface area contributed by atoms with Gasteiger partial charge in [0.05, 0.1) is 6.10 Å². The summed E-state index contributed by atoms with van der Waals surface area (Å²) in [6, 6.07) is 8.99. The van der Waals surface area contributed by atoms with E-state index in [4.69, 9.17) is 4.18 Å². The van der Waals surface area contributed by atoms with E-state index in [9.17, 15) is 0 Å². The molecule has 94 valence electrons. The molecule has 1 aliphatic heterocycles. The van der Waals surface area contributed by atoms with E-state index in [0.29, 0.717) is 12.0 Å². The van der Waals surface area contributed by atoms with E-state index in [1.807, 2.05) is 6.26 Å². The molecule has 2 rings (SSSR count). The zero-order chi connectivity index (χ0) is 12.3. The van der Waals surface area contributed by atoms with E-state index in [-0.39, 0.29) is 0 Å². The second-order valence-electron chi connectivity index (χ2n) is 4.98. The fraction of sp³-hybridized carbons (Fsp3) is 0.571. The van der Waals surface area contributed by atoms with Crippen LogP contribution < -0.4 is 0 Å². The zero-order valence-corrected chi connectivity index (χ0v) is 11.7. The number of hydrogen-bond acceptors (Lipinski definition) is 3. The van der Waals surface area contributed by atoms with Gasteiger partial charge >= 0.3 is 0 Å². The summed E-state index contributed by atoms with van der Waals surface area (Å²) in [6.07, 6.45) is 2.41. The molecule has 2 nitrogen and oxygen atoms in total. The van der Waals surface area contributed by atoms with Crippen molar-refractivity contribution < 1.29 is 4.18 Å². The maximum absolute atomic E-state index is 5.47. The predicted octanol–water partition coefficient (Wildman–Crippen LogP) is 3.29. The van der Waals surface area contributed by atoms with Crippen molar-refractivity contribution in [3.8, 4) is 0 Å². The molecular formula is C14H21NOS. The quantitative estimate of drug-likeness (QED) is 0.745. The molecule has 1 aliphatic rings. The number of benzene rings is 1. The van der Waals surface area contributed by atoms with Gasteiger partial charge < -0.3 is 4.18 Å². The molecule has 1 aromatic rings. The minimum absolute atomic E-state index is 0.430. The molecular weight excluding hydrogens is 230 g/mol. The van der Waals surface area contributed by atoms with Crippen molar-refractivity contribution in [1.29, 1.82) is 0 Å². The third kappa shape index (κ3) is 3.47. The first-order chi connectivity index (χ1) is 8.19. The minimum Gasteiger partial charge on any atom is -0.310 e. The number of nitrogens with zero attached hydrogens (tertiary/aromatic N) is 1. The third-order valence-electron chi connectivity index (χ3n) is 3.21. The highest BCUT2D eigenvalue weighted by molar-refractivity contribution is 7.93. The Kier molecular flexibility index (Phi) is 4.48. The molecule has 0 aromatic heterocycles. The van der Waals surface area contributed by atoms with Gasteiger partial charge in [0.1, 0.15) is 0 Å². The van der Waals surface area contributed by atoms with E-state index < -0.39 is 0 Å². The van der Waals surface area contributed by atoms with Gasteiger partial charge in [-0.2, -0.15) is 0 Å². The van der Waals surface area contributed by atoms with Crippen molar-refractivity contribution in [2.24, 2.45) is 0 Å². The summed E-state index contributed by atoms with van der Waals surface area (Å²) in [5.41, 5.74) is 2.82. The summed E-state index contributed by atoms with van der Waals surface area (Å²) in [5, 5.41) is 0. The normalized spacial score (nSPS) is 17.4. The van der Waals surface area contributed by atoms with Crippen LogP contribution in [0.2, 0.25) is 0 Å². The van der Waals surface area contributed by atoms with Crippen LogP contribution in [-0.4, -0.2) is 30.3 Å². The second-order valence-corrected chi connectivity index (χ2v) is 5.50. The average molecular weight is 251 g/mol. The summed E-state index contributed by atoms with van der Waals surface area (Å²) in [7, 11) is 0. The molecule has 0 amide bonds. The first kappa shape index (κ1) is 12.9. The lowest BCUT2D eigenvalue weighted by atomic mass is 10.0. The van der Waals surface area contributed by atoms with Crippen molar-refractivity contribution >= 4 is 12.0 Å². The van der Waals surface area contributed by atoms with Gasteiger partial charge in [-0.15, -0.1) is 0 Å². The standard InChI is InChI=1S/C14H21NOS/c1-11(2)13-6-4-12(5-7-13)8-15-9-14(10-15)16-17-3/h4-7,11,14H,8-10H2,1-3H3. The maximum Gasteiger partial charge on any atom is 0.0975 e. The fourth-order valence-electron chi connectivity index (χ4n) is 2.11. The first-order valence-electron chi connectivity index (χ1n) is 6.19. The van der Waals surface area contributed by atoms with Crippen LogP contribution in [0.4, 0.5) is 0 Å². The molecule has 0 atom stereocenters. The Morgan fingerprint density at radius 1 is 1.29 bits per heavy atom. The lowest BCUT2D eigenvalue weighted by molar-refractivity contribution is 0.0281. The Labute approximate surface area is 109 Å². The van der Waals surface area contributed by atoms with Crippen LogP contribution in [0.5, 0.6) is 0 Å². The van der Waals surface area contributed by atoms with Gasteiger partial charge in [-0.1, -0.05) is 38.1 Å². The van der Waals surface area contributed by atoms with Gasteiger partial charge in [0.2, 0.25) is 0 Å². The number of likely N-dealkylation sites (tertiary alicyclic amines) is 1. The van der Waals surface area contributed by atoms with Crippen molar-refractivity contribution in [3.05, 3.63) is 35.4 Å². The molecule has 1 aromatic carbocycles. The molecule has 17 heavy (non-hydrogen) atoms.